The van der Waals surface area contributed by atoms with E-state index in [1.54, 1.807) is 30.1 Å². The van der Waals surface area contributed by atoms with Gasteiger partial charge in [0.1, 0.15) is 11.4 Å². The van der Waals surface area contributed by atoms with Gasteiger partial charge in [-0.1, -0.05) is 0 Å². The zero-order valence-electron chi connectivity index (χ0n) is 17.6. The molecule has 1 aromatic heterocycles. The van der Waals surface area contributed by atoms with Crippen LogP contribution < -0.4 is 11.1 Å². The molecule has 2 aromatic rings. The Morgan fingerprint density at radius 2 is 2.03 bits per heavy atom. The topological polar surface area (TPSA) is 109 Å². The van der Waals surface area contributed by atoms with Crippen molar-refractivity contribution in [3.05, 3.63) is 41.8 Å². The average Bonchev–Trinajstić information content (AvgIpc) is 3.15. The number of carbonyl (C=O) groups excluding carboxylic acids is 1. The fourth-order valence-electron chi connectivity index (χ4n) is 4.62. The molecule has 0 spiro atoms. The summed E-state index contributed by atoms with van der Waals surface area (Å²) in [6.45, 7) is 1.90. The lowest BCUT2D eigenvalue weighted by Gasteiger charge is -2.48. The van der Waals surface area contributed by atoms with Gasteiger partial charge in [0.2, 0.25) is 0 Å². The third-order valence-corrected chi connectivity index (χ3v) is 6.59. The number of nitriles is 1. The Bertz CT molecular complexity index is 969. The molecule has 2 fully saturated rings. The maximum atomic E-state index is 13.2. The summed E-state index contributed by atoms with van der Waals surface area (Å²) in [4.78, 5) is 14.5. The Labute approximate surface area is 180 Å². The normalized spacial score (nSPS) is 24.4. The van der Waals surface area contributed by atoms with Crippen LogP contribution in [0, 0.1) is 17.1 Å². The fourth-order valence-corrected chi connectivity index (χ4v) is 4.62. The summed E-state index contributed by atoms with van der Waals surface area (Å²) in [6.07, 6.45) is 5.72. The fraction of sp³-hybridized carbons (Fsp3) is 0.500. The minimum absolute atomic E-state index is 0.245. The second-order valence-corrected chi connectivity index (χ2v) is 8.43. The summed E-state index contributed by atoms with van der Waals surface area (Å²) in [5.41, 5.74) is 5.95. The van der Waals surface area contributed by atoms with E-state index in [2.05, 4.69) is 21.4 Å². The number of nitrogens with two attached hydrogens (primary N) is 1. The highest BCUT2D eigenvalue weighted by molar-refractivity contribution is 5.98. The number of nitrogens with one attached hydrogen (secondary N) is 1. The van der Waals surface area contributed by atoms with E-state index in [1.165, 1.54) is 12.1 Å². The van der Waals surface area contributed by atoms with Gasteiger partial charge in [-0.25, -0.2) is 4.39 Å². The Morgan fingerprint density at radius 3 is 2.61 bits per heavy atom. The number of rotatable bonds is 7. The van der Waals surface area contributed by atoms with E-state index in [0.717, 1.165) is 38.8 Å². The van der Waals surface area contributed by atoms with Gasteiger partial charge in [-0.05, 0) is 49.9 Å². The number of nitrogens with zero attached hydrogens (tertiary/aromatic N) is 4. The molecule has 164 valence electrons. The van der Waals surface area contributed by atoms with Gasteiger partial charge in [0.25, 0.3) is 5.91 Å². The number of likely N-dealkylation sites (tertiary alicyclic amines) is 1. The van der Waals surface area contributed by atoms with Crippen molar-refractivity contribution >= 4 is 17.4 Å². The molecule has 2 heterocycles. The summed E-state index contributed by atoms with van der Waals surface area (Å²) in [5.74, 6) is -0.651. The van der Waals surface area contributed by atoms with Crippen LogP contribution in [0.3, 0.4) is 0 Å². The maximum absolute atomic E-state index is 13.2. The predicted molar refractivity (Wildman–Crippen MR) is 113 cm³/mol. The zero-order chi connectivity index (χ0) is 22.0. The van der Waals surface area contributed by atoms with E-state index >= 15 is 0 Å². The van der Waals surface area contributed by atoms with Gasteiger partial charge < -0.3 is 15.8 Å². The minimum Gasteiger partial charge on any atom is -0.379 e. The molecule has 2 aliphatic rings. The Balaban J connectivity index is 1.55. The molecule has 1 amide bonds. The molecule has 9 heteroatoms. The van der Waals surface area contributed by atoms with Crippen LogP contribution in [0.1, 0.15) is 42.5 Å². The second kappa shape index (κ2) is 8.65. The summed E-state index contributed by atoms with van der Waals surface area (Å²) in [6, 6.07) is 8.56. The first-order valence-corrected chi connectivity index (χ1v) is 10.5. The molecule has 0 unspecified atom stereocenters. The van der Waals surface area contributed by atoms with Crippen molar-refractivity contribution < 1.29 is 13.9 Å². The van der Waals surface area contributed by atoms with E-state index in [0.29, 0.717) is 30.1 Å². The van der Waals surface area contributed by atoms with Crippen LogP contribution in [-0.2, 0) is 10.3 Å². The largest absolute Gasteiger partial charge is 0.379 e. The number of ether oxygens (including phenoxy) is 1. The predicted octanol–water partition coefficient (Wildman–Crippen LogP) is 2.75. The van der Waals surface area contributed by atoms with Gasteiger partial charge in [0, 0.05) is 38.1 Å². The summed E-state index contributed by atoms with van der Waals surface area (Å²) < 4.78 is 20.3. The molecule has 0 bridgehead atoms. The number of primary amides is 1. The molecular weight excluding hydrogens is 399 g/mol. The summed E-state index contributed by atoms with van der Waals surface area (Å²) in [5, 5.41) is 17.2. The van der Waals surface area contributed by atoms with Crippen LogP contribution in [0.4, 0.5) is 15.9 Å². The third-order valence-electron chi connectivity index (χ3n) is 6.59. The molecule has 3 N–H and O–H groups in total. The van der Waals surface area contributed by atoms with E-state index in [4.69, 9.17) is 10.5 Å². The smallest absolute Gasteiger partial charge is 0.254 e. The third kappa shape index (κ3) is 4.27. The van der Waals surface area contributed by atoms with Gasteiger partial charge in [-0.2, -0.15) is 10.4 Å². The van der Waals surface area contributed by atoms with Crippen LogP contribution in [-0.4, -0.2) is 52.9 Å². The number of halogens is 1. The van der Waals surface area contributed by atoms with Gasteiger partial charge in [0.05, 0.1) is 24.1 Å². The number of aromatic nitrogens is 2. The number of hydrogen-bond donors (Lipinski definition) is 2. The van der Waals surface area contributed by atoms with Crippen molar-refractivity contribution in [2.45, 2.75) is 49.8 Å². The molecule has 1 aliphatic carbocycles. The van der Waals surface area contributed by atoms with E-state index in [1.807, 2.05) is 0 Å². The molecule has 4 rings (SSSR count). The molecule has 0 atom stereocenters. The van der Waals surface area contributed by atoms with Gasteiger partial charge in [-0.15, -0.1) is 0 Å². The Hall–Kier alpha value is -2.96. The monoisotopic (exact) mass is 426 g/mol. The Morgan fingerprint density at radius 1 is 1.35 bits per heavy atom. The Kier molecular flexibility index (Phi) is 5.94. The van der Waals surface area contributed by atoms with Crippen LogP contribution in [0.25, 0.3) is 0 Å². The standard InChI is InChI=1S/C22H27FN6O2/c1-31-18-12-28(13-18)17-6-8-22(9-7-17,10-11-24)29-14-19(20(25)30)21(27-29)26-16-4-2-15(23)3-5-16/h2-5,14,17-18H,6-10,12-13H2,1H3,(H2,25,30)(H,26,27). The molecule has 0 radical (unpaired) electrons. The van der Waals surface area contributed by atoms with Crippen molar-refractivity contribution in [3.63, 3.8) is 0 Å². The summed E-state index contributed by atoms with van der Waals surface area (Å²) in [7, 11) is 1.74. The van der Waals surface area contributed by atoms with Crippen molar-refractivity contribution in [2.24, 2.45) is 5.73 Å². The number of hydrogen-bond acceptors (Lipinski definition) is 6. The highest BCUT2D eigenvalue weighted by Gasteiger charge is 2.42. The minimum atomic E-state index is -0.608. The summed E-state index contributed by atoms with van der Waals surface area (Å²) >= 11 is 0. The molecule has 1 aliphatic heterocycles. The number of benzene rings is 1. The van der Waals surface area contributed by atoms with Gasteiger partial charge in [0.15, 0.2) is 5.82 Å². The highest BCUT2D eigenvalue weighted by atomic mass is 19.1. The van der Waals surface area contributed by atoms with Gasteiger partial charge >= 0.3 is 0 Å². The van der Waals surface area contributed by atoms with Crippen LogP contribution in [0.2, 0.25) is 0 Å². The lowest BCUT2D eigenvalue weighted by Crippen LogP contribution is -2.57. The molecule has 1 saturated heterocycles. The van der Waals surface area contributed by atoms with E-state index in [9.17, 15) is 14.4 Å². The van der Waals surface area contributed by atoms with Crippen molar-refractivity contribution in [1.29, 1.82) is 5.26 Å². The van der Waals surface area contributed by atoms with Crippen molar-refractivity contribution in [3.8, 4) is 6.07 Å². The van der Waals surface area contributed by atoms with Gasteiger partial charge in [-0.3, -0.25) is 14.4 Å². The van der Waals surface area contributed by atoms with E-state index < -0.39 is 11.4 Å². The number of methoxy groups -OCH3 is 1. The number of carbonyl (C=O) groups is 1. The van der Waals surface area contributed by atoms with E-state index in [-0.39, 0.29) is 11.4 Å². The van der Waals surface area contributed by atoms with Crippen LogP contribution >= 0.6 is 0 Å². The number of amides is 1. The lowest BCUT2D eigenvalue weighted by molar-refractivity contribution is -0.0642. The first-order chi connectivity index (χ1) is 14.9. The zero-order valence-corrected chi connectivity index (χ0v) is 17.6. The molecular formula is C22H27FN6O2. The number of anilines is 2. The highest BCUT2D eigenvalue weighted by Crippen LogP contribution is 2.41. The SMILES string of the molecule is COC1CN(C2CCC(CC#N)(n3cc(C(N)=O)c(Nc4ccc(F)cc4)n3)CC2)C1. The maximum Gasteiger partial charge on any atom is 0.254 e. The quantitative estimate of drug-likeness (QED) is 0.705. The van der Waals surface area contributed by atoms with Crippen molar-refractivity contribution in [2.75, 3.05) is 25.5 Å². The molecule has 31 heavy (non-hydrogen) atoms. The molecule has 1 saturated carbocycles. The molecule has 8 nitrogen and oxygen atoms in total. The molecule has 1 aromatic carbocycles. The first-order valence-electron chi connectivity index (χ1n) is 10.5. The average molecular weight is 426 g/mol. The second-order valence-electron chi connectivity index (χ2n) is 8.43. The van der Waals surface area contributed by atoms with Crippen LogP contribution in [0.15, 0.2) is 30.5 Å². The lowest BCUT2D eigenvalue weighted by atomic mass is 9.76. The van der Waals surface area contributed by atoms with Crippen molar-refractivity contribution in [1.82, 2.24) is 14.7 Å². The first kappa shape index (κ1) is 21.3. The van der Waals surface area contributed by atoms with Crippen LogP contribution in [0.5, 0.6) is 0 Å².